The molecule has 3 aromatic rings. The smallest absolute Gasteiger partial charge is 0.243 e. The maximum atomic E-state index is 13.8. The molecule has 0 saturated heterocycles. The summed E-state index contributed by atoms with van der Waals surface area (Å²) in [5.41, 5.74) is 1.78. The number of sulfonamides is 1. The van der Waals surface area contributed by atoms with E-state index in [-0.39, 0.29) is 42.3 Å². The predicted molar refractivity (Wildman–Crippen MR) is 159 cm³/mol. The molecular formula is C31H38ClN3O4S. The van der Waals surface area contributed by atoms with Crippen LogP contribution in [0, 0.1) is 0 Å². The summed E-state index contributed by atoms with van der Waals surface area (Å²) < 4.78 is 27.1. The molecule has 0 radical (unpaired) electrons. The Hall–Kier alpha value is -3.20. The monoisotopic (exact) mass is 583 g/mol. The fourth-order valence-corrected chi connectivity index (χ4v) is 5.63. The molecule has 3 aromatic carbocycles. The van der Waals surface area contributed by atoms with Gasteiger partial charge in [-0.25, -0.2) is 12.7 Å². The van der Waals surface area contributed by atoms with Gasteiger partial charge in [0.15, 0.2) is 0 Å². The van der Waals surface area contributed by atoms with Crippen molar-refractivity contribution >= 4 is 33.4 Å². The van der Waals surface area contributed by atoms with Crippen LogP contribution in [0.3, 0.4) is 0 Å². The van der Waals surface area contributed by atoms with Gasteiger partial charge in [-0.15, -0.1) is 0 Å². The first-order valence-corrected chi connectivity index (χ1v) is 15.3. The van der Waals surface area contributed by atoms with Gasteiger partial charge in [0.25, 0.3) is 0 Å². The SMILES string of the molecule is CC[C@@H](C)NC(=O)[C@H](Cc1ccccc1)N(Cc1ccc(Cl)cc1)C(=O)CCCN(C)S(=O)(=O)c1ccccc1. The molecule has 0 saturated carbocycles. The molecular weight excluding hydrogens is 546 g/mol. The molecule has 40 heavy (non-hydrogen) atoms. The summed E-state index contributed by atoms with van der Waals surface area (Å²) in [6, 6.07) is 24.2. The van der Waals surface area contributed by atoms with Crippen LogP contribution in [0.25, 0.3) is 0 Å². The second kappa shape index (κ2) is 15.0. The normalized spacial score (nSPS) is 13.0. The lowest BCUT2D eigenvalue weighted by atomic mass is 10.0. The summed E-state index contributed by atoms with van der Waals surface area (Å²) in [7, 11) is -2.15. The molecule has 1 N–H and O–H groups in total. The van der Waals surface area contributed by atoms with Gasteiger partial charge in [-0.2, -0.15) is 0 Å². The van der Waals surface area contributed by atoms with E-state index in [0.717, 1.165) is 17.5 Å². The minimum absolute atomic E-state index is 0.0462. The summed E-state index contributed by atoms with van der Waals surface area (Å²) >= 11 is 6.09. The van der Waals surface area contributed by atoms with Gasteiger partial charge in [0.05, 0.1) is 4.90 Å². The van der Waals surface area contributed by atoms with E-state index in [1.54, 1.807) is 47.4 Å². The summed E-state index contributed by atoms with van der Waals surface area (Å²) in [5.74, 6) is -0.440. The molecule has 0 aliphatic rings. The Balaban J connectivity index is 1.83. The average molecular weight is 584 g/mol. The molecule has 0 fully saturated rings. The Bertz CT molecular complexity index is 1340. The van der Waals surface area contributed by atoms with Crippen LogP contribution in [0.4, 0.5) is 0 Å². The van der Waals surface area contributed by atoms with Gasteiger partial charge in [-0.1, -0.05) is 79.2 Å². The summed E-state index contributed by atoms with van der Waals surface area (Å²) in [6.07, 6.45) is 1.51. The molecule has 9 heteroatoms. The first kappa shape index (κ1) is 31.3. The quantitative estimate of drug-likeness (QED) is 0.279. The van der Waals surface area contributed by atoms with Crippen molar-refractivity contribution in [2.24, 2.45) is 0 Å². The number of amides is 2. The van der Waals surface area contributed by atoms with Crippen LogP contribution in [-0.4, -0.2) is 55.1 Å². The Kier molecular flexibility index (Phi) is 11.7. The zero-order valence-corrected chi connectivity index (χ0v) is 24.9. The maximum Gasteiger partial charge on any atom is 0.243 e. The molecule has 0 aliphatic heterocycles. The third-order valence-corrected chi connectivity index (χ3v) is 8.98. The highest BCUT2D eigenvalue weighted by Crippen LogP contribution is 2.19. The number of carbonyl (C=O) groups is 2. The van der Waals surface area contributed by atoms with Crippen LogP contribution in [0.1, 0.15) is 44.2 Å². The Morgan fingerprint density at radius 3 is 2.10 bits per heavy atom. The highest BCUT2D eigenvalue weighted by atomic mass is 35.5. The van der Waals surface area contributed by atoms with Crippen LogP contribution in [-0.2, 0) is 32.6 Å². The van der Waals surface area contributed by atoms with E-state index in [0.29, 0.717) is 17.9 Å². The lowest BCUT2D eigenvalue weighted by molar-refractivity contribution is -0.141. The van der Waals surface area contributed by atoms with Crippen LogP contribution >= 0.6 is 11.6 Å². The second-order valence-corrected chi connectivity index (χ2v) is 12.4. The number of hydrogen-bond acceptors (Lipinski definition) is 4. The van der Waals surface area contributed by atoms with E-state index in [1.807, 2.05) is 56.3 Å². The predicted octanol–water partition coefficient (Wildman–Crippen LogP) is 5.30. The average Bonchev–Trinajstić information content (AvgIpc) is 2.96. The standard InChI is InChI=1S/C31H38ClN3O4S/c1-4-24(2)33-31(37)29(22-25-12-7-5-8-13-25)35(23-26-17-19-27(32)20-18-26)30(36)16-11-21-34(3)40(38,39)28-14-9-6-10-15-28/h5-10,12-15,17-20,24,29H,4,11,16,21-23H2,1-3H3,(H,33,37)/t24-,29+/m1/s1. The molecule has 214 valence electrons. The maximum absolute atomic E-state index is 13.8. The highest BCUT2D eigenvalue weighted by molar-refractivity contribution is 7.89. The lowest BCUT2D eigenvalue weighted by Gasteiger charge is -2.32. The molecule has 2 atom stereocenters. The molecule has 3 rings (SSSR count). The number of nitrogens with zero attached hydrogens (tertiary/aromatic N) is 2. The number of carbonyl (C=O) groups excluding carboxylic acids is 2. The van der Waals surface area contributed by atoms with Gasteiger partial charge in [-0.05, 0) is 55.2 Å². The zero-order valence-electron chi connectivity index (χ0n) is 23.3. The molecule has 0 heterocycles. The van der Waals surface area contributed by atoms with Crippen molar-refractivity contribution in [1.29, 1.82) is 0 Å². The summed E-state index contributed by atoms with van der Waals surface area (Å²) in [5, 5.41) is 3.63. The van der Waals surface area contributed by atoms with E-state index in [2.05, 4.69) is 5.32 Å². The lowest BCUT2D eigenvalue weighted by Crippen LogP contribution is -2.52. The van der Waals surface area contributed by atoms with Gasteiger partial charge < -0.3 is 10.2 Å². The van der Waals surface area contributed by atoms with E-state index < -0.39 is 16.1 Å². The number of halogens is 1. The van der Waals surface area contributed by atoms with Crippen molar-refractivity contribution < 1.29 is 18.0 Å². The zero-order chi connectivity index (χ0) is 29.1. The summed E-state index contributed by atoms with van der Waals surface area (Å²) in [6.45, 7) is 4.32. The van der Waals surface area contributed by atoms with Gasteiger partial charge in [0.1, 0.15) is 6.04 Å². The molecule has 0 unspecified atom stereocenters. The van der Waals surface area contributed by atoms with Crippen LogP contribution in [0.5, 0.6) is 0 Å². The van der Waals surface area contributed by atoms with E-state index in [4.69, 9.17) is 11.6 Å². The highest BCUT2D eigenvalue weighted by Gasteiger charge is 2.31. The largest absolute Gasteiger partial charge is 0.352 e. The second-order valence-electron chi connectivity index (χ2n) is 9.91. The number of rotatable bonds is 14. The van der Waals surface area contributed by atoms with Crippen molar-refractivity contribution in [2.75, 3.05) is 13.6 Å². The third kappa shape index (κ3) is 8.91. The number of hydrogen-bond donors (Lipinski definition) is 1. The Morgan fingerprint density at radius 1 is 0.900 bits per heavy atom. The first-order valence-electron chi connectivity index (χ1n) is 13.5. The molecule has 7 nitrogen and oxygen atoms in total. The van der Waals surface area contributed by atoms with Crippen molar-refractivity contribution in [3.05, 3.63) is 101 Å². The third-order valence-electron chi connectivity index (χ3n) is 6.85. The topological polar surface area (TPSA) is 86.8 Å². The fraction of sp³-hybridized carbons (Fsp3) is 0.355. The van der Waals surface area contributed by atoms with Gasteiger partial charge in [0.2, 0.25) is 21.8 Å². The van der Waals surface area contributed by atoms with Crippen LogP contribution in [0.2, 0.25) is 5.02 Å². The number of nitrogens with one attached hydrogen (secondary N) is 1. The van der Waals surface area contributed by atoms with Crippen molar-refractivity contribution in [2.45, 2.75) is 63.1 Å². The van der Waals surface area contributed by atoms with E-state index >= 15 is 0 Å². The molecule has 0 aromatic heterocycles. The molecule has 0 aliphatic carbocycles. The van der Waals surface area contributed by atoms with E-state index in [9.17, 15) is 18.0 Å². The first-order chi connectivity index (χ1) is 19.1. The fourth-order valence-electron chi connectivity index (χ4n) is 4.27. The van der Waals surface area contributed by atoms with Gasteiger partial charge >= 0.3 is 0 Å². The Morgan fingerprint density at radius 2 is 1.50 bits per heavy atom. The molecule has 0 spiro atoms. The van der Waals surface area contributed by atoms with Crippen LogP contribution < -0.4 is 5.32 Å². The molecule has 0 bridgehead atoms. The van der Waals surface area contributed by atoms with E-state index in [1.165, 1.54) is 11.4 Å². The molecule has 2 amide bonds. The minimum Gasteiger partial charge on any atom is -0.352 e. The van der Waals surface area contributed by atoms with Gasteiger partial charge in [-0.3, -0.25) is 9.59 Å². The minimum atomic E-state index is -3.66. The van der Waals surface area contributed by atoms with Crippen molar-refractivity contribution in [3.8, 4) is 0 Å². The van der Waals surface area contributed by atoms with Gasteiger partial charge in [0, 0.05) is 44.0 Å². The van der Waals surface area contributed by atoms with Crippen molar-refractivity contribution in [3.63, 3.8) is 0 Å². The Labute approximate surface area is 243 Å². The summed E-state index contributed by atoms with van der Waals surface area (Å²) in [4.78, 5) is 29.1. The van der Waals surface area contributed by atoms with Crippen LogP contribution in [0.15, 0.2) is 89.8 Å². The van der Waals surface area contributed by atoms with Crippen molar-refractivity contribution in [1.82, 2.24) is 14.5 Å². The number of benzene rings is 3.